The van der Waals surface area contributed by atoms with Gasteiger partial charge in [0.2, 0.25) is 0 Å². The highest BCUT2D eigenvalue weighted by atomic mass is 14.2. The van der Waals surface area contributed by atoms with Crippen molar-refractivity contribution in [2.45, 2.75) is 51.9 Å². The molecule has 0 fully saturated rings. The summed E-state index contributed by atoms with van der Waals surface area (Å²) in [6.07, 6.45) is 6.72. The van der Waals surface area contributed by atoms with Crippen LogP contribution in [-0.4, -0.2) is 0 Å². The molecular weight excluding hydrogens is 252 g/mol. The van der Waals surface area contributed by atoms with E-state index in [2.05, 4.69) is 74.5 Å². The van der Waals surface area contributed by atoms with Crippen molar-refractivity contribution in [3.8, 4) is 0 Å². The maximum Gasteiger partial charge on any atom is 0.0115 e. The lowest BCUT2D eigenvalue weighted by Gasteiger charge is -2.25. The summed E-state index contributed by atoms with van der Waals surface area (Å²) in [6, 6.07) is 22.0. The normalized spacial score (nSPS) is 12.5. The van der Waals surface area contributed by atoms with Crippen molar-refractivity contribution in [2.75, 3.05) is 0 Å². The highest BCUT2D eigenvalue weighted by Gasteiger charge is 2.20. The van der Waals surface area contributed by atoms with Crippen molar-refractivity contribution < 1.29 is 0 Å². The third kappa shape index (κ3) is 4.74. The molecule has 1 unspecified atom stereocenters. The van der Waals surface area contributed by atoms with Crippen LogP contribution < -0.4 is 0 Å². The Kier molecular flexibility index (Phi) is 6.53. The quantitative estimate of drug-likeness (QED) is 0.489. The zero-order valence-corrected chi connectivity index (χ0v) is 13.5. The summed E-state index contributed by atoms with van der Waals surface area (Å²) in [5.41, 5.74) is 2.90. The van der Waals surface area contributed by atoms with Crippen molar-refractivity contribution in [2.24, 2.45) is 5.92 Å². The van der Waals surface area contributed by atoms with Gasteiger partial charge in [-0.3, -0.25) is 0 Å². The van der Waals surface area contributed by atoms with Gasteiger partial charge in [0.15, 0.2) is 0 Å². The number of unbranched alkanes of at least 4 members (excludes halogenated alkanes) is 3. The summed E-state index contributed by atoms with van der Waals surface area (Å²) < 4.78 is 0. The van der Waals surface area contributed by atoms with Crippen LogP contribution in [0.15, 0.2) is 60.7 Å². The van der Waals surface area contributed by atoms with E-state index in [1.54, 1.807) is 0 Å². The summed E-state index contributed by atoms with van der Waals surface area (Å²) in [7, 11) is 0. The smallest absolute Gasteiger partial charge is 0.0115 e. The lowest BCUT2D eigenvalue weighted by Crippen LogP contribution is -2.11. The van der Waals surface area contributed by atoms with Crippen LogP contribution in [0, 0.1) is 5.92 Å². The van der Waals surface area contributed by atoms with E-state index in [-0.39, 0.29) is 0 Å². The SMILES string of the molecule is CCCCCCC(C)C(c1ccccc1)c1ccccc1. The fraction of sp³-hybridized carbons (Fsp3) is 0.429. The lowest BCUT2D eigenvalue weighted by atomic mass is 9.79. The van der Waals surface area contributed by atoms with E-state index in [9.17, 15) is 0 Å². The van der Waals surface area contributed by atoms with Gasteiger partial charge in [-0.2, -0.15) is 0 Å². The van der Waals surface area contributed by atoms with E-state index in [1.807, 2.05) is 0 Å². The second kappa shape index (κ2) is 8.67. The van der Waals surface area contributed by atoms with Crippen LogP contribution in [0.2, 0.25) is 0 Å². The first-order valence-electron chi connectivity index (χ1n) is 8.42. The molecule has 0 aliphatic rings. The van der Waals surface area contributed by atoms with Crippen molar-refractivity contribution in [3.05, 3.63) is 71.8 Å². The molecule has 2 aromatic rings. The molecule has 0 heteroatoms. The van der Waals surface area contributed by atoms with E-state index in [0.29, 0.717) is 11.8 Å². The molecule has 0 spiro atoms. The summed E-state index contributed by atoms with van der Waals surface area (Å²) in [6.45, 7) is 4.69. The van der Waals surface area contributed by atoms with Gasteiger partial charge in [0.1, 0.15) is 0 Å². The Balaban J connectivity index is 2.13. The largest absolute Gasteiger partial charge is 0.0654 e. The minimum atomic E-state index is 0.522. The molecule has 2 aromatic carbocycles. The highest BCUT2D eigenvalue weighted by Crippen LogP contribution is 2.34. The molecule has 0 heterocycles. The van der Waals surface area contributed by atoms with Gasteiger partial charge in [-0.25, -0.2) is 0 Å². The van der Waals surface area contributed by atoms with Crippen molar-refractivity contribution in [1.82, 2.24) is 0 Å². The van der Waals surface area contributed by atoms with Crippen LogP contribution in [-0.2, 0) is 0 Å². The molecule has 0 aliphatic heterocycles. The standard InChI is InChI=1S/C21H28/c1-3-4-5-8-13-18(2)21(19-14-9-6-10-15-19)20-16-11-7-12-17-20/h6-7,9-12,14-18,21H,3-5,8,13H2,1-2H3. The first kappa shape index (κ1) is 15.8. The molecule has 0 aliphatic carbocycles. The molecule has 0 saturated carbocycles. The topological polar surface area (TPSA) is 0 Å². The van der Waals surface area contributed by atoms with Crippen LogP contribution in [0.4, 0.5) is 0 Å². The van der Waals surface area contributed by atoms with Crippen LogP contribution in [0.25, 0.3) is 0 Å². The fourth-order valence-corrected chi connectivity index (χ4v) is 3.23. The molecular formula is C21H28. The molecule has 1 atom stereocenters. The minimum absolute atomic E-state index is 0.522. The van der Waals surface area contributed by atoms with Crippen molar-refractivity contribution in [3.63, 3.8) is 0 Å². The van der Waals surface area contributed by atoms with E-state index in [1.165, 1.54) is 43.2 Å². The second-order valence-electron chi connectivity index (χ2n) is 6.13. The summed E-state index contributed by atoms with van der Waals surface area (Å²) in [5, 5.41) is 0. The van der Waals surface area contributed by atoms with Gasteiger partial charge in [-0.1, -0.05) is 100 Å². The molecule has 0 saturated heterocycles. The molecule has 112 valence electrons. The predicted molar refractivity (Wildman–Crippen MR) is 92.7 cm³/mol. The van der Waals surface area contributed by atoms with E-state index < -0.39 is 0 Å². The Labute approximate surface area is 130 Å². The number of benzene rings is 2. The van der Waals surface area contributed by atoms with Crippen LogP contribution >= 0.6 is 0 Å². The lowest BCUT2D eigenvalue weighted by molar-refractivity contribution is 0.445. The highest BCUT2D eigenvalue weighted by molar-refractivity contribution is 5.33. The molecule has 2 rings (SSSR count). The monoisotopic (exact) mass is 280 g/mol. The van der Waals surface area contributed by atoms with Gasteiger partial charge in [0.25, 0.3) is 0 Å². The third-order valence-corrected chi connectivity index (χ3v) is 4.40. The molecule has 21 heavy (non-hydrogen) atoms. The maximum atomic E-state index is 2.41. The van der Waals surface area contributed by atoms with Gasteiger partial charge >= 0.3 is 0 Å². The third-order valence-electron chi connectivity index (χ3n) is 4.40. The van der Waals surface area contributed by atoms with Crippen LogP contribution in [0.5, 0.6) is 0 Å². The summed E-state index contributed by atoms with van der Waals surface area (Å²) >= 11 is 0. The molecule has 0 N–H and O–H groups in total. The molecule has 0 bridgehead atoms. The molecule has 0 amide bonds. The Morgan fingerprint density at radius 3 is 1.71 bits per heavy atom. The average Bonchev–Trinajstić information content (AvgIpc) is 2.54. The number of hydrogen-bond donors (Lipinski definition) is 0. The Bertz CT molecular complexity index is 446. The average molecular weight is 280 g/mol. The number of rotatable bonds is 8. The van der Waals surface area contributed by atoms with Gasteiger partial charge in [0.05, 0.1) is 0 Å². The van der Waals surface area contributed by atoms with Gasteiger partial charge in [0, 0.05) is 5.92 Å². The first-order valence-corrected chi connectivity index (χ1v) is 8.42. The zero-order chi connectivity index (χ0) is 14.9. The first-order chi connectivity index (χ1) is 10.3. The number of hydrogen-bond acceptors (Lipinski definition) is 0. The molecule has 0 nitrogen and oxygen atoms in total. The van der Waals surface area contributed by atoms with E-state index >= 15 is 0 Å². The molecule has 0 aromatic heterocycles. The minimum Gasteiger partial charge on any atom is -0.0654 e. The Morgan fingerprint density at radius 1 is 0.714 bits per heavy atom. The zero-order valence-electron chi connectivity index (χ0n) is 13.5. The van der Waals surface area contributed by atoms with Crippen molar-refractivity contribution >= 4 is 0 Å². The predicted octanol–water partition coefficient (Wildman–Crippen LogP) is 6.43. The maximum absolute atomic E-state index is 2.41. The van der Waals surface area contributed by atoms with E-state index in [4.69, 9.17) is 0 Å². The van der Waals surface area contributed by atoms with Gasteiger partial charge in [-0.05, 0) is 23.5 Å². The van der Waals surface area contributed by atoms with E-state index in [0.717, 1.165) is 0 Å². The van der Waals surface area contributed by atoms with Crippen LogP contribution in [0.3, 0.4) is 0 Å². The van der Waals surface area contributed by atoms with Gasteiger partial charge in [-0.15, -0.1) is 0 Å². The van der Waals surface area contributed by atoms with Crippen LogP contribution in [0.1, 0.15) is 63.0 Å². The summed E-state index contributed by atoms with van der Waals surface area (Å²) in [4.78, 5) is 0. The fourth-order valence-electron chi connectivity index (χ4n) is 3.23. The second-order valence-corrected chi connectivity index (χ2v) is 6.13. The Morgan fingerprint density at radius 2 is 1.24 bits per heavy atom. The Hall–Kier alpha value is -1.56. The van der Waals surface area contributed by atoms with Gasteiger partial charge < -0.3 is 0 Å². The van der Waals surface area contributed by atoms with Crippen molar-refractivity contribution in [1.29, 1.82) is 0 Å². The summed E-state index contributed by atoms with van der Waals surface area (Å²) in [5.74, 6) is 1.21. The molecule has 0 radical (unpaired) electrons.